The van der Waals surface area contributed by atoms with Crippen LogP contribution in [-0.2, 0) is 14.3 Å². The van der Waals surface area contributed by atoms with Gasteiger partial charge in [0.2, 0.25) is 5.91 Å². The Bertz CT molecular complexity index is 371. The van der Waals surface area contributed by atoms with E-state index in [9.17, 15) is 9.59 Å². The van der Waals surface area contributed by atoms with E-state index in [4.69, 9.17) is 15.6 Å². The summed E-state index contributed by atoms with van der Waals surface area (Å²) in [6.45, 7) is 1.36. The molecular weight excluding hydrogens is 260 g/mol. The molecule has 114 valence electrons. The summed E-state index contributed by atoms with van der Waals surface area (Å²) in [5.74, 6) is -0.951. The number of hydrogen-bond acceptors (Lipinski definition) is 4. The van der Waals surface area contributed by atoms with E-state index in [1.54, 1.807) is 0 Å². The van der Waals surface area contributed by atoms with E-state index in [1.807, 2.05) is 0 Å². The first-order chi connectivity index (χ1) is 9.52. The van der Waals surface area contributed by atoms with E-state index >= 15 is 0 Å². The van der Waals surface area contributed by atoms with Crippen molar-refractivity contribution in [1.82, 2.24) is 5.32 Å². The van der Waals surface area contributed by atoms with Crippen molar-refractivity contribution in [1.29, 1.82) is 0 Å². The predicted octanol–water partition coefficient (Wildman–Crippen LogP) is 0.646. The third kappa shape index (κ3) is 3.12. The van der Waals surface area contributed by atoms with Gasteiger partial charge in [-0.1, -0.05) is 12.8 Å². The molecule has 20 heavy (non-hydrogen) atoms. The molecule has 2 fully saturated rings. The molecule has 1 saturated heterocycles. The zero-order chi connectivity index (χ0) is 14.6. The first-order valence-electron chi connectivity index (χ1n) is 7.34. The van der Waals surface area contributed by atoms with Crippen molar-refractivity contribution in [2.45, 2.75) is 50.5 Å². The third-order valence-electron chi connectivity index (χ3n) is 4.75. The zero-order valence-corrected chi connectivity index (χ0v) is 11.8. The highest BCUT2D eigenvalue weighted by atomic mass is 16.5. The molecule has 2 rings (SSSR count). The number of nitrogens with two attached hydrogens (primary N) is 1. The van der Waals surface area contributed by atoms with E-state index in [0.717, 1.165) is 25.7 Å². The Hall–Kier alpha value is -1.14. The van der Waals surface area contributed by atoms with Gasteiger partial charge >= 0.3 is 5.97 Å². The molecule has 1 saturated carbocycles. The number of ether oxygens (including phenoxy) is 1. The maximum absolute atomic E-state index is 12.7. The highest BCUT2D eigenvalue weighted by Gasteiger charge is 2.44. The van der Waals surface area contributed by atoms with Crippen molar-refractivity contribution < 1.29 is 19.4 Å². The molecule has 1 aliphatic carbocycles. The van der Waals surface area contributed by atoms with Crippen LogP contribution in [0.1, 0.15) is 44.9 Å². The molecule has 0 aromatic heterocycles. The SMILES string of the molecule is NCC1(C(=O)NC2(CC(=O)O)CCCC2)CCOCC1. The first kappa shape index (κ1) is 15.3. The van der Waals surface area contributed by atoms with Gasteiger partial charge in [0.05, 0.1) is 17.4 Å². The molecule has 0 unspecified atom stereocenters. The Morgan fingerprint density at radius 1 is 1.15 bits per heavy atom. The van der Waals surface area contributed by atoms with Crippen LogP contribution < -0.4 is 11.1 Å². The van der Waals surface area contributed by atoms with Crippen molar-refractivity contribution >= 4 is 11.9 Å². The Kier molecular flexibility index (Phi) is 4.65. The molecule has 0 spiro atoms. The second-order valence-corrected chi connectivity index (χ2v) is 6.11. The average Bonchev–Trinajstić information content (AvgIpc) is 2.86. The maximum atomic E-state index is 12.7. The van der Waals surface area contributed by atoms with Gasteiger partial charge in [0, 0.05) is 19.8 Å². The molecule has 0 bridgehead atoms. The Morgan fingerprint density at radius 2 is 1.75 bits per heavy atom. The normalized spacial score (nSPS) is 24.2. The number of nitrogens with one attached hydrogen (secondary N) is 1. The van der Waals surface area contributed by atoms with E-state index in [2.05, 4.69) is 5.32 Å². The monoisotopic (exact) mass is 284 g/mol. The van der Waals surface area contributed by atoms with E-state index in [0.29, 0.717) is 26.1 Å². The Balaban J connectivity index is 2.09. The summed E-state index contributed by atoms with van der Waals surface area (Å²) in [4.78, 5) is 23.7. The lowest BCUT2D eigenvalue weighted by atomic mass is 9.78. The third-order valence-corrected chi connectivity index (χ3v) is 4.75. The van der Waals surface area contributed by atoms with Crippen molar-refractivity contribution in [2.24, 2.45) is 11.1 Å². The van der Waals surface area contributed by atoms with Gasteiger partial charge in [0.15, 0.2) is 0 Å². The summed E-state index contributed by atoms with van der Waals surface area (Å²) in [7, 11) is 0. The lowest BCUT2D eigenvalue weighted by Gasteiger charge is -2.39. The minimum absolute atomic E-state index is 0.00408. The van der Waals surface area contributed by atoms with E-state index < -0.39 is 16.9 Å². The molecule has 0 atom stereocenters. The van der Waals surface area contributed by atoms with Gasteiger partial charge in [0.25, 0.3) is 0 Å². The number of carboxylic acids is 1. The summed E-state index contributed by atoms with van der Waals surface area (Å²) in [6, 6.07) is 0. The van der Waals surface area contributed by atoms with Gasteiger partial charge in [-0.2, -0.15) is 0 Å². The number of rotatable bonds is 5. The summed E-state index contributed by atoms with van der Waals surface area (Å²) >= 11 is 0. The lowest BCUT2D eigenvalue weighted by Crippen LogP contribution is -2.56. The predicted molar refractivity (Wildman–Crippen MR) is 73.1 cm³/mol. The molecule has 0 aromatic carbocycles. The average molecular weight is 284 g/mol. The van der Waals surface area contributed by atoms with Crippen molar-refractivity contribution in [2.75, 3.05) is 19.8 Å². The van der Waals surface area contributed by atoms with Crippen LogP contribution in [-0.4, -0.2) is 42.3 Å². The van der Waals surface area contributed by atoms with Crippen LogP contribution in [0.2, 0.25) is 0 Å². The number of carbonyl (C=O) groups excluding carboxylic acids is 1. The number of hydrogen-bond donors (Lipinski definition) is 3. The van der Waals surface area contributed by atoms with Crippen LogP contribution >= 0.6 is 0 Å². The quantitative estimate of drug-likeness (QED) is 0.688. The van der Waals surface area contributed by atoms with E-state index in [-0.39, 0.29) is 18.9 Å². The van der Waals surface area contributed by atoms with Gasteiger partial charge in [-0.25, -0.2) is 0 Å². The molecule has 6 nitrogen and oxygen atoms in total. The fourth-order valence-corrected chi connectivity index (χ4v) is 3.35. The molecule has 0 radical (unpaired) electrons. The molecule has 6 heteroatoms. The van der Waals surface area contributed by atoms with Crippen molar-refractivity contribution in [3.63, 3.8) is 0 Å². The standard InChI is InChI=1S/C14H24N2O4/c15-10-13(5-7-20-8-6-13)12(19)16-14(9-11(17)18)3-1-2-4-14/h1-10,15H2,(H,16,19)(H,17,18). The highest BCUT2D eigenvalue weighted by molar-refractivity contribution is 5.84. The molecular formula is C14H24N2O4. The van der Waals surface area contributed by atoms with Crippen LogP contribution in [0.3, 0.4) is 0 Å². The van der Waals surface area contributed by atoms with Gasteiger partial charge in [-0.05, 0) is 25.7 Å². The van der Waals surface area contributed by atoms with Crippen LogP contribution in [0.25, 0.3) is 0 Å². The van der Waals surface area contributed by atoms with Crippen LogP contribution in [0.4, 0.5) is 0 Å². The van der Waals surface area contributed by atoms with Gasteiger partial charge in [0.1, 0.15) is 0 Å². The minimum Gasteiger partial charge on any atom is -0.481 e. The summed E-state index contributed by atoms with van der Waals surface area (Å²) in [5.41, 5.74) is 4.65. The van der Waals surface area contributed by atoms with Gasteiger partial charge < -0.3 is 20.9 Å². The van der Waals surface area contributed by atoms with Gasteiger partial charge in [-0.3, -0.25) is 9.59 Å². The number of amides is 1. The van der Waals surface area contributed by atoms with E-state index in [1.165, 1.54) is 0 Å². The lowest BCUT2D eigenvalue weighted by molar-refractivity contribution is -0.141. The maximum Gasteiger partial charge on any atom is 0.305 e. The van der Waals surface area contributed by atoms with Crippen LogP contribution in [0.5, 0.6) is 0 Å². The van der Waals surface area contributed by atoms with Gasteiger partial charge in [-0.15, -0.1) is 0 Å². The molecule has 1 aliphatic heterocycles. The molecule has 1 heterocycles. The molecule has 2 aliphatic rings. The number of aliphatic carboxylic acids is 1. The van der Waals surface area contributed by atoms with Crippen LogP contribution in [0.15, 0.2) is 0 Å². The number of carbonyl (C=O) groups is 2. The largest absolute Gasteiger partial charge is 0.481 e. The molecule has 0 aromatic rings. The van der Waals surface area contributed by atoms with Crippen molar-refractivity contribution in [3.8, 4) is 0 Å². The minimum atomic E-state index is -0.860. The Labute approximate surface area is 119 Å². The summed E-state index contributed by atoms with van der Waals surface area (Å²) < 4.78 is 5.31. The number of carboxylic acid groups (broad SMARTS) is 1. The highest BCUT2D eigenvalue weighted by Crippen LogP contribution is 2.36. The Morgan fingerprint density at radius 3 is 2.25 bits per heavy atom. The first-order valence-corrected chi connectivity index (χ1v) is 7.34. The second kappa shape index (κ2) is 6.10. The fourth-order valence-electron chi connectivity index (χ4n) is 3.35. The smallest absolute Gasteiger partial charge is 0.305 e. The zero-order valence-electron chi connectivity index (χ0n) is 11.8. The molecule has 4 N–H and O–H groups in total. The second-order valence-electron chi connectivity index (χ2n) is 6.11. The summed E-state index contributed by atoms with van der Waals surface area (Å²) in [6.07, 6.45) is 4.62. The van der Waals surface area contributed by atoms with Crippen molar-refractivity contribution in [3.05, 3.63) is 0 Å². The van der Waals surface area contributed by atoms with Crippen LogP contribution in [0, 0.1) is 5.41 Å². The summed E-state index contributed by atoms with van der Waals surface area (Å²) in [5, 5.41) is 12.1. The molecule has 1 amide bonds. The fraction of sp³-hybridized carbons (Fsp3) is 0.857. The topological polar surface area (TPSA) is 102 Å².